The second kappa shape index (κ2) is 5.81. The summed E-state index contributed by atoms with van der Waals surface area (Å²) < 4.78 is 5.55. The molecular weight excluding hydrogens is 300 g/mol. The predicted molar refractivity (Wildman–Crippen MR) is 83.9 cm³/mol. The molecule has 22 heavy (non-hydrogen) atoms. The number of ether oxygens (including phenoxy) is 1. The van der Waals surface area contributed by atoms with Crippen LogP contribution in [0.25, 0.3) is 0 Å². The van der Waals surface area contributed by atoms with Gasteiger partial charge in [-0.15, -0.1) is 11.3 Å². The molecule has 1 atom stereocenters. The summed E-state index contributed by atoms with van der Waals surface area (Å²) in [4.78, 5) is 26.7. The van der Waals surface area contributed by atoms with E-state index in [4.69, 9.17) is 4.74 Å². The van der Waals surface area contributed by atoms with Crippen LogP contribution in [0.5, 0.6) is 5.75 Å². The molecule has 2 heterocycles. The zero-order valence-corrected chi connectivity index (χ0v) is 12.9. The molecule has 1 saturated heterocycles. The Labute approximate surface area is 132 Å². The highest BCUT2D eigenvalue weighted by Crippen LogP contribution is 2.31. The lowest BCUT2D eigenvalue weighted by molar-refractivity contribution is -0.131. The maximum absolute atomic E-state index is 12.6. The number of para-hydroxylation sites is 1. The van der Waals surface area contributed by atoms with Gasteiger partial charge in [0.1, 0.15) is 12.4 Å². The Hall–Kier alpha value is -2.34. The van der Waals surface area contributed by atoms with E-state index in [1.54, 1.807) is 6.92 Å². The predicted octanol–water partition coefficient (Wildman–Crippen LogP) is 2.59. The van der Waals surface area contributed by atoms with Crippen molar-refractivity contribution in [1.29, 1.82) is 0 Å². The normalized spacial score (nSPS) is 21.0. The van der Waals surface area contributed by atoms with Gasteiger partial charge in [0.25, 0.3) is 5.91 Å². The van der Waals surface area contributed by atoms with E-state index in [0.717, 1.165) is 10.6 Å². The Balaban J connectivity index is 1.65. The van der Waals surface area contributed by atoms with Crippen molar-refractivity contribution >= 4 is 23.3 Å². The van der Waals surface area contributed by atoms with Crippen LogP contribution in [0.15, 0.2) is 47.8 Å². The van der Waals surface area contributed by atoms with Crippen molar-refractivity contribution in [3.63, 3.8) is 0 Å². The lowest BCUT2D eigenvalue weighted by Gasteiger charge is -2.20. The molecule has 1 aliphatic heterocycles. The van der Waals surface area contributed by atoms with Crippen molar-refractivity contribution in [1.82, 2.24) is 10.2 Å². The molecule has 6 heteroatoms. The molecule has 0 saturated carbocycles. The second-order valence-electron chi connectivity index (χ2n) is 5.15. The van der Waals surface area contributed by atoms with Crippen LogP contribution in [-0.4, -0.2) is 30.0 Å². The fraction of sp³-hybridized carbons (Fsp3) is 0.250. The number of hydrogen-bond acceptors (Lipinski definition) is 4. The number of nitrogens with one attached hydrogen (secondary N) is 1. The molecule has 114 valence electrons. The van der Waals surface area contributed by atoms with Crippen LogP contribution in [0.1, 0.15) is 11.8 Å². The molecule has 0 bridgehead atoms. The molecule has 0 unspecified atom stereocenters. The maximum Gasteiger partial charge on any atom is 0.325 e. The number of nitrogens with zero attached hydrogens (tertiary/aromatic N) is 1. The third-order valence-electron chi connectivity index (χ3n) is 3.62. The van der Waals surface area contributed by atoms with Crippen molar-refractivity contribution in [3.8, 4) is 5.75 Å². The number of carbonyl (C=O) groups is 2. The Morgan fingerprint density at radius 2 is 1.95 bits per heavy atom. The molecule has 1 aliphatic rings. The van der Waals surface area contributed by atoms with E-state index in [9.17, 15) is 9.59 Å². The molecule has 0 aliphatic carbocycles. The largest absolute Gasteiger partial charge is 0.492 e. The maximum atomic E-state index is 12.6. The zero-order valence-electron chi connectivity index (χ0n) is 12.1. The van der Waals surface area contributed by atoms with Crippen LogP contribution in [0.2, 0.25) is 0 Å². The molecule has 5 nitrogen and oxygen atoms in total. The third kappa shape index (κ3) is 2.57. The first kappa shape index (κ1) is 14.6. The molecule has 3 rings (SSSR count). The van der Waals surface area contributed by atoms with Crippen LogP contribution < -0.4 is 10.1 Å². The Morgan fingerprint density at radius 1 is 1.18 bits per heavy atom. The summed E-state index contributed by atoms with van der Waals surface area (Å²) in [6.07, 6.45) is 0. The Morgan fingerprint density at radius 3 is 2.64 bits per heavy atom. The topological polar surface area (TPSA) is 58.6 Å². The monoisotopic (exact) mass is 316 g/mol. The van der Waals surface area contributed by atoms with Crippen LogP contribution in [0.4, 0.5) is 4.79 Å². The molecular formula is C16H16N2O3S. The van der Waals surface area contributed by atoms with Gasteiger partial charge in [0.05, 0.1) is 6.54 Å². The van der Waals surface area contributed by atoms with Gasteiger partial charge in [-0.3, -0.25) is 9.69 Å². The van der Waals surface area contributed by atoms with E-state index in [1.807, 2.05) is 47.8 Å². The van der Waals surface area contributed by atoms with Gasteiger partial charge in [-0.2, -0.15) is 0 Å². The first-order valence-electron chi connectivity index (χ1n) is 6.97. The molecule has 0 radical (unpaired) electrons. The summed E-state index contributed by atoms with van der Waals surface area (Å²) in [7, 11) is 0. The number of carbonyl (C=O) groups excluding carboxylic acids is 2. The van der Waals surface area contributed by atoms with Gasteiger partial charge < -0.3 is 10.1 Å². The third-order valence-corrected chi connectivity index (χ3v) is 4.71. The number of rotatable bonds is 5. The Kier molecular flexibility index (Phi) is 3.85. The lowest BCUT2D eigenvalue weighted by atomic mass is 10.0. The SMILES string of the molecule is C[C@]1(c2cccs2)NC(=O)N(CCOc2ccccc2)C1=O. The average Bonchev–Trinajstić information content (AvgIpc) is 3.12. The van der Waals surface area contributed by atoms with E-state index in [-0.39, 0.29) is 25.1 Å². The number of thiophene rings is 1. The fourth-order valence-corrected chi connectivity index (χ4v) is 3.24. The molecule has 0 spiro atoms. The summed E-state index contributed by atoms with van der Waals surface area (Å²) in [6.45, 7) is 2.22. The van der Waals surface area contributed by atoms with Gasteiger partial charge in [0, 0.05) is 4.88 Å². The molecule has 1 aromatic carbocycles. The first-order chi connectivity index (χ1) is 10.6. The van der Waals surface area contributed by atoms with E-state index in [1.165, 1.54) is 16.2 Å². The standard InChI is InChI=1S/C16H16N2O3S/c1-16(13-8-5-11-22-13)14(19)18(15(20)17-16)9-10-21-12-6-3-2-4-7-12/h2-8,11H,9-10H2,1H3,(H,17,20)/t16-/m1/s1. The van der Waals surface area contributed by atoms with Crippen LogP contribution >= 0.6 is 11.3 Å². The van der Waals surface area contributed by atoms with E-state index in [2.05, 4.69) is 5.32 Å². The molecule has 3 amide bonds. The highest BCUT2D eigenvalue weighted by Gasteiger charge is 2.49. The summed E-state index contributed by atoms with van der Waals surface area (Å²) in [5.74, 6) is 0.479. The minimum Gasteiger partial charge on any atom is -0.492 e. The number of hydrogen-bond donors (Lipinski definition) is 1. The van der Waals surface area contributed by atoms with Crippen molar-refractivity contribution in [2.45, 2.75) is 12.5 Å². The Bertz CT molecular complexity index is 672. The minimum absolute atomic E-state index is 0.223. The van der Waals surface area contributed by atoms with Gasteiger partial charge in [0.2, 0.25) is 0 Å². The highest BCUT2D eigenvalue weighted by molar-refractivity contribution is 7.10. The summed E-state index contributed by atoms with van der Waals surface area (Å²) in [5, 5.41) is 4.66. The van der Waals surface area contributed by atoms with Gasteiger partial charge >= 0.3 is 6.03 Å². The van der Waals surface area contributed by atoms with Crippen molar-refractivity contribution in [2.24, 2.45) is 0 Å². The fourth-order valence-electron chi connectivity index (χ4n) is 2.40. The van der Waals surface area contributed by atoms with Crippen molar-refractivity contribution in [2.75, 3.05) is 13.2 Å². The van der Waals surface area contributed by atoms with E-state index >= 15 is 0 Å². The van der Waals surface area contributed by atoms with E-state index < -0.39 is 5.54 Å². The molecule has 1 aromatic heterocycles. The molecule has 1 fully saturated rings. The van der Waals surface area contributed by atoms with Crippen molar-refractivity contribution < 1.29 is 14.3 Å². The molecule has 2 aromatic rings. The van der Waals surface area contributed by atoms with Gasteiger partial charge in [0.15, 0.2) is 5.54 Å². The van der Waals surface area contributed by atoms with Gasteiger partial charge in [-0.25, -0.2) is 4.79 Å². The smallest absolute Gasteiger partial charge is 0.325 e. The zero-order chi connectivity index (χ0) is 15.6. The first-order valence-corrected chi connectivity index (χ1v) is 7.85. The van der Waals surface area contributed by atoms with Crippen LogP contribution in [0.3, 0.4) is 0 Å². The highest BCUT2D eigenvalue weighted by atomic mass is 32.1. The number of benzene rings is 1. The number of amides is 3. The number of urea groups is 1. The van der Waals surface area contributed by atoms with Gasteiger partial charge in [-0.1, -0.05) is 24.3 Å². The van der Waals surface area contributed by atoms with Crippen LogP contribution in [-0.2, 0) is 10.3 Å². The van der Waals surface area contributed by atoms with E-state index in [0.29, 0.717) is 0 Å². The quantitative estimate of drug-likeness (QED) is 0.863. The van der Waals surface area contributed by atoms with Crippen molar-refractivity contribution in [3.05, 3.63) is 52.7 Å². The summed E-state index contributed by atoms with van der Waals surface area (Å²) in [5.41, 5.74) is -0.974. The molecule has 1 N–H and O–H groups in total. The number of imide groups is 1. The van der Waals surface area contributed by atoms with Crippen LogP contribution in [0, 0.1) is 0 Å². The second-order valence-corrected chi connectivity index (χ2v) is 6.10. The van der Waals surface area contributed by atoms with Gasteiger partial charge in [-0.05, 0) is 30.5 Å². The lowest BCUT2D eigenvalue weighted by Crippen LogP contribution is -2.40. The minimum atomic E-state index is -0.974. The summed E-state index contributed by atoms with van der Waals surface area (Å²) >= 11 is 1.45. The summed E-state index contributed by atoms with van der Waals surface area (Å²) in [6, 6.07) is 12.7. The average molecular weight is 316 g/mol.